The molecule has 2 aromatic heterocycles. The number of carbonyl (C=O) groups excluding carboxylic acids is 3. The van der Waals surface area contributed by atoms with E-state index in [4.69, 9.17) is 13.8 Å². The number of nitrogens with zero attached hydrogens (tertiary/aromatic N) is 4. The standard InChI is InChI=1S/C28H37N7O7/c1-14-11-35(15(2)13-36)26(37)21-10-20(29-27(38)30-24-16(3)32-41-18(24)5)8-9-22(21)40-23(14)12-34(7)28(39)31-25-17(4)33-42-19(25)6/h8-10,14-15,23,36H,11-13H2,1-7H3,(H,31,39)(H2,29,30,38)/t14-,15+,23-/m1/s1. The van der Waals surface area contributed by atoms with Gasteiger partial charge in [0.2, 0.25) is 0 Å². The highest BCUT2D eigenvalue weighted by Crippen LogP contribution is 2.31. The molecule has 0 unspecified atom stereocenters. The Morgan fingerprint density at radius 2 is 1.69 bits per heavy atom. The summed E-state index contributed by atoms with van der Waals surface area (Å²) in [5.74, 6) is 0.697. The summed E-state index contributed by atoms with van der Waals surface area (Å²) < 4.78 is 16.6. The lowest BCUT2D eigenvalue weighted by Crippen LogP contribution is -2.50. The van der Waals surface area contributed by atoms with E-state index in [-0.39, 0.29) is 43.1 Å². The number of carbonyl (C=O) groups is 3. The third-order valence-corrected chi connectivity index (χ3v) is 7.26. The first-order valence-electron chi connectivity index (χ1n) is 13.6. The van der Waals surface area contributed by atoms with Gasteiger partial charge in [0.25, 0.3) is 5.91 Å². The van der Waals surface area contributed by atoms with E-state index in [0.29, 0.717) is 45.7 Å². The number of fused-ring (bicyclic) bond motifs is 1. The molecule has 0 saturated carbocycles. The summed E-state index contributed by atoms with van der Waals surface area (Å²) in [6.07, 6.45) is -0.507. The van der Waals surface area contributed by atoms with Crippen molar-refractivity contribution in [3.8, 4) is 5.75 Å². The van der Waals surface area contributed by atoms with Crippen LogP contribution >= 0.6 is 0 Å². The number of urea groups is 2. The fourth-order valence-corrected chi connectivity index (χ4v) is 4.67. The Hall–Kier alpha value is -4.59. The Labute approximate surface area is 243 Å². The SMILES string of the molecule is Cc1noc(C)c1NC(=O)Nc1ccc2c(c1)C(=O)N([C@@H](C)CO)C[C@@H](C)[C@@H](CN(C)C(=O)Nc1c(C)noc1C)O2. The van der Waals surface area contributed by atoms with Crippen molar-refractivity contribution in [1.82, 2.24) is 20.1 Å². The minimum atomic E-state index is -0.540. The zero-order valence-electron chi connectivity index (χ0n) is 24.8. The number of aryl methyl sites for hydroxylation is 4. The van der Waals surface area contributed by atoms with Gasteiger partial charge in [-0.25, -0.2) is 9.59 Å². The summed E-state index contributed by atoms with van der Waals surface area (Å²) in [6, 6.07) is 3.37. The molecule has 0 bridgehead atoms. The Morgan fingerprint density at radius 1 is 1.07 bits per heavy atom. The van der Waals surface area contributed by atoms with E-state index in [1.807, 2.05) is 6.92 Å². The van der Waals surface area contributed by atoms with Crippen molar-refractivity contribution in [1.29, 1.82) is 0 Å². The van der Waals surface area contributed by atoms with Gasteiger partial charge in [0.15, 0.2) is 11.5 Å². The second kappa shape index (κ2) is 12.5. The maximum atomic E-state index is 13.7. The molecule has 14 nitrogen and oxygen atoms in total. The van der Waals surface area contributed by atoms with Crippen LogP contribution in [0.3, 0.4) is 0 Å². The summed E-state index contributed by atoms with van der Waals surface area (Å²) in [5.41, 5.74) is 2.63. The van der Waals surface area contributed by atoms with Crippen LogP contribution in [-0.4, -0.2) is 82.1 Å². The molecular formula is C28H37N7O7. The van der Waals surface area contributed by atoms with Gasteiger partial charge in [0.1, 0.15) is 34.6 Å². The molecule has 0 radical (unpaired) electrons. The van der Waals surface area contributed by atoms with Crippen LogP contribution in [0.25, 0.3) is 0 Å². The maximum Gasteiger partial charge on any atom is 0.323 e. The first kappa shape index (κ1) is 30.4. The lowest BCUT2D eigenvalue weighted by molar-refractivity contribution is 0.0371. The smallest absolute Gasteiger partial charge is 0.323 e. The Morgan fingerprint density at radius 3 is 2.26 bits per heavy atom. The predicted octanol–water partition coefficient (Wildman–Crippen LogP) is 3.92. The highest BCUT2D eigenvalue weighted by Gasteiger charge is 2.34. The second-order valence-corrected chi connectivity index (χ2v) is 10.6. The zero-order chi connectivity index (χ0) is 30.7. The van der Waals surface area contributed by atoms with E-state index in [1.54, 1.807) is 58.7 Å². The normalized spacial score (nSPS) is 17.4. The van der Waals surface area contributed by atoms with Gasteiger partial charge < -0.3 is 44.6 Å². The van der Waals surface area contributed by atoms with Gasteiger partial charge in [-0.3, -0.25) is 4.79 Å². The second-order valence-electron chi connectivity index (χ2n) is 10.6. The maximum absolute atomic E-state index is 13.7. The van der Waals surface area contributed by atoms with E-state index in [9.17, 15) is 19.5 Å². The number of likely N-dealkylation sites (N-methyl/N-ethyl adjacent to an activating group) is 1. The van der Waals surface area contributed by atoms with Crippen LogP contribution in [0.1, 0.15) is 47.1 Å². The summed E-state index contributed by atoms with van der Waals surface area (Å²) in [4.78, 5) is 42.5. The molecule has 1 aromatic carbocycles. The molecule has 3 atom stereocenters. The minimum Gasteiger partial charge on any atom is -0.487 e. The average molecular weight is 584 g/mol. The van der Waals surface area contributed by atoms with E-state index >= 15 is 0 Å². The zero-order valence-corrected chi connectivity index (χ0v) is 24.8. The molecule has 42 heavy (non-hydrogen) atoms. The number of hydrogen-bond acceptors (Lipinski definition) is 9. The molecular weight excluding hydrogens is 546 g/mol. The third-order valence-electron chi connectivity index (χ3n) is 7.26. The van der Waals surface area contributed by atoms with Gasteiger partial charge in [-0.15, -0.1) is 0 Å². The van der Waals surface area contributed by atoms with Crippen molar-refractivity contribution in [3.05, 3.63) is 46.7 Å². The van der Waals surface area contributed by atoms with Crippen LogP contribution in [0.2, 0.25) is 0 Å². The van der Waals surface area contributed by atoms with Crippen LogP contribution in [0.4, 0.5) is 26.7 Å². The van der Waals surface area contributed by atoms with Gasteiger partial charge in [0.05, 0.1) is 24.8 Å². The summed E-state index contributed by atoms with van der Waals surface area (Å²) in [5, 5.41) is 25.9. The van der Waals surface area contributed by atoms with E-state index in [2.05, 4.69) is 26.3 Å². The number of benzene rings is 1. The van der Waals surface area contributed by atoms with Crippen molar-refractivity contribution in [2.24, 2.45) is 5.92 Å². The lowest BCUT2D eigenvalue weighted by atomic mass is 9.99. The minimum absolute atomic E-state index is 0.200. The highest BCUT2D eigenvalue weighted by atomic mass is 16.5. The van der Waals surface area contributed by atoms with E-state index in [0.717, 1.165) is 0 Å². The quantitative estimate of drug-likeness (QED) is 0.321. The molecule has 0 fully saturated rings. The van der Waals surface area contributed by atoms with E-state index in [1.165, 1.54) is 11.0 Å². The molecule has 4 N–H and O–H groups in total. The number of aliphatic hydroxyl groups is 1. The third kappa shape index (κ3) is 6.48. The van der Waals surface area contributed by atoms with Crippen LogP contribution in [-0.2, 0) is 0 Å². The average Bonchev–Trinajstić information content (AvgIpc) is 3.44. The van der Waals surface area contributed by atoms with Gasteiger partial charge >= 0.3 is 12.1 Å². The van der Waals surface area contributed by atoms with Crippen molar-refractivity contribution in [2.45, 2.75) is 53.7 Å². The molecule has 3 heterocycles. The molecule has 0 spiro atoms. The van der Waals surface area contributed by atoms with Crippen molar-refractivity contribution in [2.75, 3.05) is 42.7 Å². The number of aliphatic hydroxyl groups excluding tert-OH is 1. The molecule has 4 rings (SSSR count). The summed E-state index contributed by atoms with van der Waals surface area (Å²) in [6.45, 7) is 10.8. The molecule has 226 valence electrons. The molecule has 1 aliphatic rings. The largest absolute Gasteiger partial charge is 0.487 e. The van der Waals surface area contributed by atoms with Crippen molar-refractivity contribution >= 4 is 35.0 Å². The highest BCUT2D eigenvalue weighted by molar-refractivity contribution is 6.03. The molecule has 14 heteroatoms. The summed E-state index contributed by atoms with van der Waals surface area (Å²) >= 11 is 0. The molecule has 5 amide bonds. The first-order chi connectivity index (χ1) is 19.9. The van der Waals surface area contributed by atoms with Crippen LogP contribution < -0.4 is 20.7 Å². The fraction of sp³-hybridized carbons (Fsp3) is 0.464. The fourth-order valence-electron chi connectivity index (χ4n) is 4.67. The van der Waals surface area contributed by atoms with Gasteiger partial charge in [0, 0.05) is 25.2 Å². The predicted molar refractivity (Wildman–Crippen MR) is 154 cm³/mol. The number of ether oxygens (including phenoxy) is 1. The Bertz CT molecular complexity index is 1430. The van der Waals surface area contributed by atoms with Gasteiger partial charge in [-0.1, -0.05) is 17.2 Å². The molecule has 0 aliphatic carbocycles. The Kier molecular flexibility index (Phi) is 9.05. The molecule has 3 aromatic rings. The van der Waals surface area contributed by atoms with Crippen LogP contribution in [0.15, 0.2) is 27.2 Å². The molecule has 1 aliphatic heterocycles. The van der Waals surface area contributed by atoms with Crippen LogP contribution in [0.5, 0.6) is 5.75 Å². The monoisotopic (exact) mass is 583 g/mol. The topological polar surface area (TPSA) is 175 Å². The first-order valence-corrected chi connectivity index (χ1v) is 13.6. The Balaban J connectivity index is 1.57. The molecule has 0 saturated heterocycles. The van der Waals surface area contributed by atoms with Gasteiger partial charge in [-0.2, -0.15) is 0 Å². The summed E-state index contributed by atoms with van der Waals surface area (Å²) in [7, 11) is 1.65. The number of nitrogens with one attached hydrogen (secondary N) is 3. The number of amides is 5. The number of rotatable bonds is 7. The number of hydrogen-bond donors (Lipinski definition) is 4. The number of aromatic nitrogens is 2. The lowest BCUT2D eigenvalue weighted by Gasteiger charge is -2.38. The van der Waals surface area contributed by atoms with Crippen LogP contribution in [0, 0.1) is 33.6 Å². The van der Waals surface area contributed by atoms with E-state index < -0.39 is 18.2 Å². The van der Waals surface area contributed by atoms with Crippen molar-refractivity contribution < 1.29 is 33.3 Å². The van der Waals surface area contributed by atoms with Gasteiger partial charge in [-0.05, 0) is 52.8 Å². The van der Waals surface area contributed by atoms with Crippen molar-refractivity contribution in [3.63, 3.8) is 0 Å². The number of anilines is 3.